The monoisotopic (exact) mass is 354 g/mol. The maximum Gasteiger partial charge on any atom is 0.246 e. The van der Waals surface area contributed by atoms with E-state index in [2.05, 4.69) is 5.32 Å². The van der Waals surface area contributed by atoms with E-state index in [0.717, 1.165) is 12.1 Å². The summed E-state index contributed by atoms with van der Waals surface area (Å²) < 4.78 is 50.6. The van der Waals surface area contributed by atoms with Crippen molar-refractivity contribution in [1.82, 2.24) is 9.62 Å². The zero-order valence-corrected chi connectivity index (χ0v) is 14.3. The van der Waals surface area contributed by atoms with E-state index >= 15 is 0 Å². The Kier molecular flexibility index (Phi) is 6.42. The van der Waals surface area contributed by atoms with Crippen molar-refractivity contribution in [3.63, 3.8) is 0 Å². The molecule has 2 rings (SSSR count). The molecule has 0 aliphatic carbocycles. The Morgan fingerprint density at radius 1 is 1.27 bits per heavy atom. The van der Waals surface area contributed by atoms with Gasteiger partial charge in [0, 0.05) is 37.8 Å². The van der Waals surface area contributed by atoms with E-state index in [4.69, 9.17) is 9.47 Å². The molecule has 0 aromatic heterocycles. The quantitative estimate of drug-likeness (QED) is 0.881. The van der Waals surface area contributed by atoms with Crippen molar-refractivity contribution in [2.24, 2.45) is 0 Å². The minimum Gasteiger partial charge on any atom is -0.493 e. The first-order valence-corrected chi connectivity index (χ1v) is 7.99. The van der Waals surface area contributed by atoms with Crippen LogP contribution in [0.4, 0.5) is 4.39 Å². The zero-order valence-electron chi connectivity index (χ0n) is 12.6. The molecule has 1 fully saturated rings. The molecule has 126 valence electrons. The first-order valence-electron chi connectivity index (χ1n) is 6.55. The van der Waals surface area contributed by atoms with Crippen molar-refractivity contribution in [3.05, 3.63) is 17.9 Å². The average molecular weight is 355 g/mol. The third kappa shape index (κ3) is 3.62. The van der Waals surface area contributed by atoms with Crippen molar-refractivity contribution < 1.29 is 22.3 Å². The van der Waals surface area contributed by atoms with Gasteiger partial charge in [0.2, 0.25) is 10.0 Å². The summed E-state index contributed by atoms with van der Waals surface area (Å²) in [7, 11) is -1.16. The van der Waals surface area contributed by atoms with Crippen LogP contribution in [0, 0.1) is 5.82 Å². The standard InChI is InChI=1S/C13H19FN2O4S.ClH/c1-9-8-16(5-4-15-9)21(17,18)13-7-12(20-3)11(19-2)6-10(13)14;/h6-7,9,15H,4-5,8H2,1-3H3;1H/t9-;/m1./s1. The Balaban J connectivity index is 0.00000242. The second-order valence-corrected chi connectivity index (χ2v) is 6.76. The van der Waals surface area contributed by atoms with Crippen LogP contribution in [0.15, 0.2) is 17.0 Å². The highest BCUT2D eigenvalue weighted by molar-refractivity contribution is 7.89. The van der Waals surface area contributed by atoms with Crippen molar-refractivity contribution >= 4 is 22.4 Å². The lowest BCUT2D eigenvalue weighted by molar-refractivity contribution is 0.308. The van der Waals surface area contributed by atoms with Gasteiger partial charge in [-0.2, -0.15) is 4.31 Å². The van der Waals surface area contributed by atoms with Gasteiger partial charge in [-0.15, -0.1) is 12.4 Å². The fourth-order valence-corrected chi connectivity index (χ4v) is 3.88. The van der Waals surface area contributed by atoms with E-state index in [-0.39, 0.29) is 29.9 Å². The SMILES string of the molecule is COc1cc(F)c(S(=O)(=O)N2CCN[C@H](C)C2)cc1OC.Cl. The fraction of sp³-hybridized carbons (Fsp3) is 0.538. The molecule has 0 saturated carbocycles. The molecule has 9 heteroatoms. The Morgan fingerprint density at radius 3 is 2.41 bits per heavy atom. The zero-order chi connectivity index (χ0) is 15.6. The average Bonchev–Trinajstić information content (AvgIpc) is 2.46. The summed E-state index contributed by atoms with van der Waals surface area (Å²) in [6.07, 6.45) is 0. The van der Waals surface area contributed by atoms with E-state index < -0.39 is 20.7 Å². The van der Waals surface area contributed by atoms with Gasteiger partial charge in [-0.05, 0) is 6.92 Å². The smallest absolute Gasteiger partial charge is 0.246 e. The van der Waals surface area contributed by atoms with E-state index in [0.29, 0.717) is 19.6 Å². The minimum absolute atomic E-state index is 0. The number of ether oxygens (including phenoxy) is 2. The number of sulfonamides is 1. The summed E-state index contributed by atoms with van der Waals surface area (Å²) in [5, 5.41) is 3.15. The highest BCUT2D eigenvalue weighted by Crippen LogP contribution is 2.33. The molecule has 6 nitrogen and oxygen atoms in total. The molecule has 1 aliphatic rings. The molecule has 0 bridgehead atoms. The van der Waals surface area contributed by atoms with E-state index in [1.807, 2.05) is 6.92 Å². The van der Waals surface area contributed by atoms with Crippen LogP contribution in [0.5, 0.6) is 11.5 Å². The Labute approximate surface area is 136 Å². The molecule has 0 amide bonds. The van der Waals surface area contributed by atoms with Gasteiger partial charge in [-0.3, -0.25) is 0 Å². The van der Waals surface area contributed by atoms with Crippen LogP contribution in [0.25, 0.3) is 0 Å². The molecule has 22 heavy (non-hydrogen) atoms. The lowest BCUT2D eigenvalue weighted by Gasteiger charge is -2.31. The number of benzene rings is 1. The predicted molar refractivity (Wildman–Crippen MR) is 83.0 cm³/mol. The van der Waals surface area contributed by atoms with Gasteiger partial charge in [0.15, 0.2) is 11.5 Å². The number of piperazine rings is 1. The molecule has 1 heterocycles. The van der Waals surface area contributed by atoms with Gasteiger partial charge in [-0.1, -0.05) is 0 Å². The number of nitrogens with zero attached hydrogens (tertiary/aromatic N) is 1. The van der Waals surface area contributed by atoms with E-state index in [9.17, 15) is 12.8 Å². The molecule has 1 aromatic carbocycles. The summed E-state index contributed by atoms with van der Waals surface area (Å²) in [5.74, 6) is -0.512. The number of halogens is 2. The van der Waals surface area contributed by atoms with Gasteiger partial charge in [-0.25, -0.2) is 12.8 Å². The molecule has 1 aliphatic heterocycles. The van der Waals surface area contributed by atoms with Crippen LogP contribution >= 0.6 is 12.4 Å². The van der Waals surface area contributed by atoms with Crippen LogP contribution in [0.3, 0.4) is 0 Å². The van der Waals surface area contributed by atoms with E-state index in [1.165, 1.54) is 18.5 Å². The molecule has 1 aromatic rings. The van der Waals surface area contributed by atoms with Crippen molar-refractivity contribution in [2.75, 3.05) is 33.9 Å². The number of hydrogen-bond donors (Lipinski definition) is 1. The molecule has 1 atom stereocenters. The molecule has 1 saturated heterocycles. The summed E-state index contributed by atoms with van der Waals surface area (Å²) in [5.41, 5.74) is 0. The van der Waals surface area contributed by atoms with Crippen molar-refractivity contribution in [3.8, 4) is 11.5 Å². The number of nitrogens with one attached hydrogen (secondary N) is 1. The highest BCUT2D eigenvalue weighted by Gasteiger charge is 2.31. The van der Waals surface area contributed by atoms with Crippen molar-refractivity contribution in [2.45, 2.75) is 17.9 Å². The Hall–Kier alpha value is -1.09. The van der Waals surface area contributed by atoms with Crippen molar-refractivity contribution in [1.29, 1.82) is 0 Å². The fourth-order valence-electron chi connectivity index (χ4n) is 2.29. The van der Waals surface area contributed by atoms with Gasteiger partial charge in [0.25, 0.3) is 0 Å². The minimum atomic E-state index is -3.90. The van der Waals surface area contributed by atoms with Gasteiger partial charge in [0.05, 0.1) is 14.2 Å². The first-order chi connectivity index (χ1) is 9.90. The second kappa shape index (κ2) is 7.45. The maximum atomic E-state index is 14.1. The summed E-state index contributed by atoms with van der Waals surface area (Å²) in [4.78, 5) is -0.394. The van der Waals surface area contributed by atoms with Crippen LogP contribution in [-0.4, -0.2) is 52.6 Å². The summed E-state index contributed by atoms with van der Waals surface area (Å²) in [6.45, 7) is 3.03. The Bertz CT molecular complexity index is 627. The first kappa shape index (κ1) is 19.0. The third-order valence-corrected chi connectivity index (χ3v) is 5.27. The van der Waals surface area contributed by atoms with Crippen LogP contribution in [0.1, 0.15) is 6.92 Å². The number of hydrogen-bond acceptors (Lipinski definition) is 5. The number of methoxy groups -OCH3 is 2. The summed E-state index contributed by atoms with van der Waals surface area (Å²) >= 11 is 0. The second-order valence-electron chi connectivity index (χ2n) is 4.86. The molecule has 0 radical (unpaired) electrons. The van der Waals surface area contributed by atoms with Crippen LogP contribution in [-0.2, 0) is 10.0 Å². The molecule has 1 N–H and O–H groups in total. The normalized spacial score (nSPS) is 19.4. The number of rotatable bonds is 4. The van der Waals surface area contributed by atoms with Gasteiger partial charge in [0.1, 0.15) is 10.7 Å². The van der Waals surface area contributed by atoms with Gasteiger partial charge < -0.3 is 14.8 Å². The topological polar surface area (TPSA) is 67.9 Å². The Morgan fingerprint density at radius 2 is 1.86 bits per heavy atom. The van der Waals surface area contributed by atoms with Gasteiger partial charge >= 0.3 is 0 Å². The lowest BCUT2D eigenvalue weighted by Crippen LogP contribution is -2.51. The highest BCUT2D eigenvalue weighted by atomic mass is 35.5. The summed E-state index contributed by atoms with van der Waals surface area (Å²) in [6, 6.07) is 2.21. The van der Waals surface area contributed by atoms with Crippen LogP contribution < -0.4 is 14.8 Å². The third-order valence-electron chi connectivity index (χ3n) is 3.39. The molecule has 0 unspecified atom stereocenters. The molecule has 0 spiro atoms. The molecular formula is C13H20ClFN2O4S. The van der Waals surface area contributed by atoms with E-state index in [1.54, 1.807) is 0 Å². The van der Waals surface area contributed by atoms with Crippen LogP contribution in [0.2, 0.25) is 0 Å². The molecular weight excluding hydrogens is 335 g/mol. The maximum absolute atomic E-state index is 14.1. The largest absolute Gasteiger partial charge is 0.493 e. The lowest BCUT2D eigenvalue weighted by atomic mass is 10.3. The predicted octanol–water partition coefficient (Wildman–Crippen LogP) is 1.25.